The van der Waals surface area contributed by atoms with Crippen LogP contribution < -0.4 is 0 Å². The molecule has 0 radical (unpaired) electrons. The zero-order chi connectivity index (χ0) is 9.10. The molecule has 2 aliphatic rings. The summed E-state index contributed by atoms with van der Waals surface area (Å²) in [5.41, 5.74) is 3.04. The molecule has 2 heteroatoms. The highest BCUT2D eigenvalue weighted by Crippen LogP contribution is 2.21. The molecule has 2 aliphatic heterocycles. The van der Waals surface area contributed by atoms with Crippen molar-refractivity contribution in [3.05, 3.63) is 23.3 Å². The highest BCUT2D eigenvalue weighted by Gasteiger charge is 2.13. The highest BCUT2D eigenvalue weighted by atomic mass is 16.5. The molecule has 0 unspecified atom stereocenters. The number of nitrogens with zero attached hydrogens (tertiary/aromatic N) is 1. The van der Waals surface area contributed by atoms with Gasteiger partial charge in [-0.15, -0.1) is 0 Å². The van der Waals surface area contributed by atoms with Crippen LogP contribution in [0.1, 0.15) is 12.8 Å². The SMILES string of the molecule is CN1CCC=C(C2=CCOCC2)C1. The molecule has 0 amide bonds. The van der Waals surface area contributed by atoms with Crippen molar-refractivity contribution in [3.63, 3.8) is 0 Å². The average Bonchev–Trinajstić information content (AvgIpc) is 2.19. The molecule has 0 aromatic carbocycles. The highest BCUT2D eigenvalue weighted by molar-refractivity contribution is 5.34. The normalized spacial score (nSPS) is 25.3. The van der Waals surface area contributed by atoms with Crippen molar-refractivity contribution in [1.29, 1.82) is 0 Å². The van der Waals surface area contributed by atoms with E-state index >= 15 is 0 Å². The van der Waals surface area contributed by atoms with E-state index in [-0.39, 0.29) is 0 Å². The van der Waals surface area contributed by atoms with Gasteiger partial charge in [0.2, 0.25) is 0 Å². The molecule has 2 heterocycles. The van der Waals surface area contributed by atoms with Gasteiger partial charge in [0.25, 0.3) is 0 Å². The fraction of sp³-hybridized carbons (Fsp3) is 0.636. The van der Waals surface area contributed by atoms with Crippen LogP contribution in [0, 0.1) is 0 Å². The third-order valence-electron chi connectivity index (χ3n) is 2.72. The Hall–Kier alpha value is -0.600. The molecule has 0 fully saturated rings. The first-order chi connectivity index (χ1) is 6.36. The lowest BCUT2D eigenvalue weighted by atomic mass is 9.98. The number of hydrogen-bond donors (Lipinski definition) is 0. The molecule has 0 spiro atoms. The Labute approximate surface area is 79.9 Å². The maximum atomic E-state index is 5.30. The van der Waals surface area contributed by atoms with E-state index in [2.05, 4.69) is 24.1 Å². The Morgan fingerprint density at radius 2 is 2.23 bits per heavy atom. The lowest BCUT2D eigenvalue weighted by Gasteiger charge is -2.26. The fourth-order valence-electron chi connectivity index (χ4n) is 1.94. The summed E-state index contributed by atoms with van der Waals surface area (Å²) in [5, 5.41) is 0. The van der Waals surface area contributed by atoms with Gasteiger partial charge in [0.05, 0.1) is 13.2 Å². The molecule has 72 valence electrons. The summed E-state index contributed by atoms with van der Waals surface area (Å²) in [4.78, 5) is 2.38. The quantitative estimate of drug-likeness (QED) is 0.606. The van der Waals surface area contributed by atoms with Crippen LogP contribution >= 0.6 is 0 Å². The largest absolute Gasteiger partial charge is 0.377 e. The van der Waals surface area contributed by atoms with Gasteiger partial charge < -0.3 is 9.64 Å². The van der Waals surface area contributed by atoms with Gasteiger partial charge >= 0.3 is 0 Å². The van der Waals surface area contributed by atoms with Crippen LogP contribution in [0.15, 0.2) is 23.3 Å². The minimum atomic E-state index is 0.802. The zero-order valence-electron chi connectivity index (χ0n) is 8.25. The average molecular weight is 179 g/mol. The molecular formula is C11H17NO. The summed E-state index contributed by atoms with van der Waals surface area (Å²) in [6.45, 7) is 4.02. The smallest absolute Gasteiger partial charge is 0.0653 e. The molecule has 0 bridgehead atoms. The first-order valence-corrected chi connectivity index (χ1v) is 5.01. The number of likely N-dealkylation sites (N-methyl/N-ethyl adjacent to an activating group) is 1. The number of rotatable bonds is 1. The van der Waals surface area contributed by atoms with E-state index in [4.69, 9.17) is 4.74 Å². The van der Waals surface area contributed by atoms with Gasteiger partial charge in [-0.2, -0.15) is 0 Å². The standard InChI is InChI=1S/C11H17NO/c1-12-6-2-3-11(9-12)10-4-7-13-8-5-10/h3-4H,2,5-9H2,1H3. The summed E-state index contributed by atoms with van der Waals surface area (Å²) in [6.07, 6.45) is 6.91. The first-order valence-electron chi connectivity index (χ1n) is 5.01. The van der Waals surface area contributed by atoms with Gasteiger partial charge in [-0.1, -0.05) is 12.2 Å². The summed E-state index contributed by atoms with van der Waals surface area (Å²) in [7, 11) is 2.19. The lowest BCUT2D eigenvalue weighted by molar-refractivity contribution is 0.155. The fourth-order valence-corrected chi connectivity index (χ4v) is 1.94. The van der Waals surface area contributed by atoms with Crippen molar-refractivity contribution >= 4 is 0 Å². The van der Waals surface area contributed by atoms with Crippen molar-refractivity contribution in [3.8, 4) is 0 Å². The maximum Gasteiger partial charge on any atom is 0.0653 e. The predicted octanol–water partition coefficient (Wildman–Crippen LogP) is 1.59. The van der Waals surface area contributed by atoms with E-state index in [9.17, 15) is 0 Å². The van der Waals surface area contributed by atoms with Crippen LogP contribution in [0.2, 0.25) is 0 Å². The summed E-state index contributed by atoms with van der Waals surface area (Å²) >= 11 is 0. The second-order valence-electron chi connectivity index (χ2n) is 3.81. The van der Waals surface area contributed by atoms with Gasteiger partial charge in [0.1, 0.15) is 0 Å². The maximum absolute atomic E-state index is 5.30. The van der Waals surface area contributed by atoms with Crippen molar-refractivity contribution in [2.75, 3.05) is 33.4 Å². The van der Waals surface area contributed by atoms with E-state index in [0.29, 0.717) is 0 Å². The van der Waals surface area contributed by atoms with E-state index < -0.39 is 0 Å². The van der Waals surface area contributed by atoms with Crippen LogP contribution in [0.3, 0.4) is 0 Å². The molecule has 2 nitrogen and oxygen atoms in total. The second-order valence-corrected chi connectivity index (χ2v) is 3.81. The Bertz CT molecular complexity index is 242. The summed E-state index contributed by atoms with van der Waals surface area (Å²) in [5.74, 6) is 0. The number of hydrogen-bond acceptors (Lipinski definition) is 2. The number of ether oxygens (including phenoxy) is 1. The van der Waals surface area contributed by atoms with Gasteiger partial charge in [0.15, 0.2) is 0 Å². The predicted molar refractivity (Wildman–Crippen MR) is 53.7 cm³/mol. The minimum Gasteiger partial charge on any atom is -0.377 e. The molecule has 0 aliphatic carbocycles. The second kappa shape index (κ2) is 4.07. The lowest BCUT2D eigenvalue weighted by Crippen LogP contribution is -2.27. The summed E-state index contributed by atoms with van der Waals surface area (Å²) < 4.78 is 5.30. The van der Waals surface area contributed by atoms with Crippen LogP contribution in [0.4, 0.5) is 0 Å². The van der Waals surface area contributed by atoms with Gasteiger partial charge in [-0.3, -0.25) is 0 Å². The Balaban J connectivity index is 2.06. The van der Waals surface area contributed by atoms with Crippen LogP contribution in [0.25, 0.3) is 0 Å². The molecule has 2 rings (SSSR count). The van der Waals surface area contributed by atoms with E-state index in [0.717, 1.165) is 26.2 Å². The molecule has 0 aromatic heterocycles. The molecule has 0 saturated heterocycles. The van der Waals surface area contributed by atoms with Gasteiger partial charge in [0, 0.05) is 13.1 Å². The zero-order valence-corrected chi connectivity index (χ0v) is 8.25. The van der Waals surface area contributed by atoms with Gasteiger partial charge in [-0.25, -0.2) is 0 Å². The van der Waals surface area contributed by atoms with Crippen molar-refractivity contribution < 1.29 is 4.74 Å². The third kappa shape index (κ3) is 2.20. The van der Waals surface area contributed by atoms with Crippen molar-refractivity contribution in [1.82, 2.24) is 4.90 Å². The minimum absolute atomic E-state index is 0.802. The Morgan fingerprint density at radius 1 is 1.31 bits per heavy atom. The molecule has 0 atom stereocenters. The molecule has 0 aromatic rings. The first kappa shape index (κ1) is 8.97. The van der Waals surface area contributed by atoms with E-state index in [1.165, 1.54) is 24.1 Å². The van der Waals surface area contributed by atoms with E-state index in [1.54, 1.807) is 0 Å². The molecule has 0 saturated carbocycles. The Morgan fingerprint density at radius 3 is 2.92 bits per heavy atom. The molecular weight excluding hydrogens is 162 g/mol. The summed E-state index contributed by atoms with van der Waals surface area (Å²) in [6, 6.07) is 0. The Kier molecular flexibility index (Phi) is 2.81. The van der Waals surface area contributed by atoms with Crippen molar-refractivity contribution in [2.45, 2.75) is 12.8 Å². The van der Waals surface area contributed by atoms with Crippen LogP contribution in [-0.2, 0) is 4.74 Å². The van der Waals surface area contributed by atoms with E-state index in [1.807, 2.05) is 0 Å². The van der Waals surface area contributed by atoms with Gasteiger partial charge in [-0.05, 0) is 31.0 Å². The third-order valence-corrected chi connectivity index (χ3v) is 2.72. The molecule has 13 heavy (non-hydrogen) atoms. The van der Waals surface area contributed by atoms with Crippen LogP contribution in [-0.4, -0.2) is 38.3 Å². The molecule has 0 N–H and O–H groups in total. The topological polar surface area (TPSA) is 12.5 Å². The monoisotopic (exact) mass is 179 g/mol. The van der Waals surface area contributed by atoms with Crippen molar-refractivity contribution in [2.24, 2.45) is 0 Å². The van der Waals surface area contributed by atoms with Crippen LogP contribution in [0.5, 0.6) is 0 Å².